The predicted octanol–water partition coefficient (Wildman–Crippen LogP) is 7.49. The van der Waals surface area contributed by atoms with Crippen LogP contribution in [0.1, 0.15) is 51.7 Å². The molecule has 0 spiro atoms. The van der Waals surface area contributed by atoms with Gasteiger partial charge in [0, 0.05) is 47.2 Å². The van der Waals surface area contributed by atoms with Gasteiger partial charge in [-0.25, -0.2) is 4.40 Å². The van der Waals surface area contributed by atoms with Crippen LogP contribution < -0.4 is 0 Å². The van der Waals surface area contributed by atoms with E-state index in [2.05, 4.69) is 37.3 Å². The second kappa shape index (κ2) is 12.9. The van der Waals surface area contributed by atoms with Gasteiger partial charge in [-0.3, -0.25) is 14.9 Å². The molecule has 0 aliphatic carbocycles. The minimum absolute atomic E-state index is 0.0400. The number of rotatable bonds is 11. The summed E-state index contributed by atoms with van der Waals surface area (Å²) in [5.74, 6) is 0.272. The summed E-state index contributed by atoms with van der Waals surface area (Å²) in [5.41, 5.74) is 4.76. The number of carbonyl (C=O) groups is 1. The van der Waals surface area contributed by atoms with Gasteiger partial charge in [0.05, 0.1) is 4.92 Å². The fourth-order valence-corrected chi connectivity index (χ4v) is 3.68. The van der Waals surface area contributed by atoms with Crippen LogP contribution in [0.5, 0.6) is 0 Å². The maximum absolute atomic E-state index is 13.2. The Morgan fingerprint density at radius 2 is 1.88 bits per heavy atom. The summed E-state index contributed by atoms with van der Waals surface area (Å²) in [6.45, 7) is 10.2. The highest BCUT2D eigenvalue weighted by Crippen LogP contribution is 2.23. The number of non-ortho nitro benzene ring substituents is 1. The molecule has 5 nitrogen and oxygen atoms in total. The van der Waals surface area contributed by atoms with E-state index in [1.54, 1.807) is 6.07 Å². The van der Waals surface area contributed by atoms with E-state index < -0.39 is 4.92 Å². The van der Waals surface area contributed by atoms with Crippen molar-refractivity contribution in [2.24, 2.45) is 10.3 Å². The van der Waals surface area contributed by atoms with E-state index >= 15 is 0 Å². The molecule has 0 N–H and O–H groups in total. The molecule has 0 aromatic heterocycles. The zero-order valence-electron chi connectivity index (χ0n) is 20.0. The minimum atomic E-state index is -0.413. The number of aryl methyl sites for hydroxylation is 2. The molecule has 0 aliphatic heterocycles. The number of hydrogen-bond acceptors (Lipinski definition) is 5. The summed E-state index contributed by atoms with van der Waals surface area (Å²) in [6, 6.07) is 14.7. The first-order chi connectivity index (χ1) is 15.7. The fraction of sp³-hybridized carbons (Fsp3) is 0.333. The second-order valence-corrected chi connectivity index (χ2v) is 9.18. The molecule has 0 saturated heterocycles. The first-order valence-electron chi connectivity index (χ1n) is 11.2. The monoisotopic (exact) mass is 464 g/mol. The number of allylic oxidation sites excluding steroid dienone is 4. The average molecular weight is 465 g/mol. The number of nitro benzene ring substituents is 1. The lowest BCUT2D eigenvalue weighted by molar-refractivity contribution is -0.384. The normalized spacial score (nSPS) is 12.8. The van der Waals surface area contributed by atoms with Crippen molar-refractivity contribution in [3.8, 4) is 0 Å². The molecule has 0 amide bonds. The van der Waals surface area contributed by atoms with Crippen LogP contribution >= 0.6 is 11.9 Å². The lowest BCUT2D eigenvalue weighted by Gasteiger charge is -2.12. The Hall–Kier alpha value is -2.99. The van der Waals surface area contributed by atoms with Crippen molar-refractivity contribution in [2.45, 2.75) is 58.8 Å². The Morgan fingerprint density at radius 3 is 2.48 bits per heavy atom. The summed E-state index contributed by atoms with van der Waals surface area (Å²) in [4.78, 5) is 24.8. The van der Waals surface area contributed by atoms with E-state index in [4.69, 9.17) is 0 Å². The van der Waals surface area contributed by atoms with Crippen molar-refractivity contribution in [1.82, 2.24) is 0 Å². The third-order valence-electron chi connectivity index (χ3n) is 5.49. The zero-order chi connectivity index (χ0) is 24.4. The first-order valence-corrected chi connectivity index (χ1v) is 11.9. The molecule has 0 heterocycles. The second-order valence-electron chi connectivity index (χ2n) is 8.31. The van der Waals surface area contributed by atoms with Crippen molar-refractivity contribution in [1.29, 1.82) is 0 Å². The summed E-state index contributed by atoms with van der Waals surface area (Å²) in [5, 5.41) is 11.0. The van der Waals surface area contributed by atoms with Crippen LogP contribution in [-0.4, -0.2) is 16.9 Å². The van der Waals surface area contributed by atoms with Crippen LogP contribution in [0.25, 0.3) is 0 Å². The van der Waals surface area contributed by atoms with Crippen LogP contribution in [0, 0.1) is 23.0 Å². The van der Waals surface area contributed by atoms with Gasteiger partial charge in [-0.2, -0.15) is 0 Å². The van der Waals surface area contributed by atoms with Crippen molar-refractivity contribution in [2.75, 3.05) is 0 Å². The van der Waals surface area contributed by atoms with Gasteiger partial charge in [0.1, 0.15) is 0 Å². The maximum Gasteiger partial charge on any atom is 0.269 e. The first kappa shape index (κ1) is 26.3. The summed E-state index contributed by atoms with van der Waals surface area (Å²) < 4.78 is 4.50. The molecule has 0 unspecified atom stereocenters. The van der Waals surface area contributed by atoms with E-state index in [0.717, 1.165) is 28.0 Å². The topological polar surface area (TPSA) is 72.6 Å². The fourth-order valence-electron chi connectivity index (χ4n) is 3.11. The van der Waals surface area contributed by atoms with E-state index in [1.165, 1.54) is 29.6 Å². The molecule has 2 aromatic carbocycles. The van der Waals surface area contributed by atoms with Crippen molar-refractivity contribution >= 4 is 29.6 Å². The predicted molar refractivity (Wildman–Crippen MR) is 138 cm³/mol. The molecule has 0 bridgehead atoms. The van der Waals surface area contributed by atoms with E-state index in [0.29, 0.717) is 18.4 Å². The van der Waals surface area contributed by atoms with Gasteiger partial charge >= 0.3 is 0 Å². The van der Waals surface area contributed by atoms with E-state index in [1.807, 2.05) is 44.3 Å². The van der Waals surface area contributed by atoms with Crippen LogP contribution in [0.3, 0.4) is 0 Å². The number of nitro groups is 1. The molecule has 0 radical (unpaired) electrons. The standard InChI is InChI=1S/C27H32N2O3S/c1-6-22(18-28-33-25-13-10-20(4)11-14-25)17-26(21(5)19(2)3)27(30)15-12-23-8-7-9-24(16-23)29(31)32/h7-11,13-14,16-19H,6,12,15H2,1-5H3/b22-17+,26-21-,28-18+. The molecule has 0 aliphatic rings. The third kappa shape index (κ3) is 8.46. The lowest BCUT2D eigenvalue weighted by atomic mass is 9.92. The van der Waals surface area contributed by atoms with Gasteiger partial charge in [0.2, 0.25) is 0 Å². The smallest absolute Gasteiger partial charge is 0.269 e. The number of ketones is 1. The zero-order valence-corrected chi connectivity index (χ0v) is 20.8. The Balaban J connectivity index is 2.18. The van der Waals surface area contributed by atoms with Gasteiger partial charge < -0.3 is 0 Å². The van der Waals surface area contributed by atoms with Gasteiger partial charge in [-0.05, 0) is 62.0 Å². The number of carbonyl (C=O) groups excluding carboxylic acids is 1. The molecular weight excluding hydrogens is 432 g/mol. The van der Waals surface area contributed by atoms with E-state index in [9.17, 15) is 14.9 Å². The number of hydrogen-bond donors (Lipinski definition) is 0. The van der Waals surface area contributed by atoms with Crippen LogP contribution in [0.2, 0.25) is 0 Å². The Bertz CT molecular complexity index is 1070. The van der Waals surface area contributed by atoms with Gasteiger partial charge in [-0.1, -0.05) is 56.2 Å². The van der Waals surface area contributed by atoms with Gasteiger partial charge in [-0.15, -0.1) is 0 Å². The number of Topliss-reactive ketones (excluding diaryl/α,β-unsaturated/α-hetero) is 1. The molecule has 0 atom stereocenters. The molecular formula is C27H32N2O3S. The third-order valence-corrected chi connectivity index (χ3v) is 6.18. The molecule has 0 fully saturated rings. The van der Waals surface area contributed by atoms with Crippen LogP contribution in [-0.2, 0) is 11.2 Å². The Kier molecular flexibility index (Phi) is 10.3. The molecule has 174 valence electrons. The number of nitrogens with zero attached hydrogens (tertiary/aromatic N) is 2. The van der Waals surface area contributed by atoms with Crippen molar-refractivity contribution in [3.63, 3.8) is 0 Å². The molecule has 0 saturated carbocycles. The highest BCUT2D eigenvalue weighted by atomic mass is 32.2. The molecule has 6 heteroatoms. The van der Waals surface area contributed by atoms with Gasteiger partial charge in [0.15, 0.2) is 5.78 Å². The van der Waals surface area contributed by atoms with Gasteiger partial charge in [0.25, 0.3) is 5.69 Å². The summed E-state index contributed by atoms with van der Waals surface area (Å²) >= 11 is 1.41. The SMILES string of the molecule is CCC(/C=N/Sc1ccc(C)cc1)=C\C(C(=O)CCc1cccc([N+](=O)[O-])c1)=C(/C)C(C)C. The molecule has 2 rings (SSSR count). The highest BCUT2D eigenvalue weighted by molar-refractivity contribution is 7.98. The van der Waals surface area contributed by atoms with Crippen LogP contribution in [0.4, 0.5) is 5.69 Å². The summed E-state index contributed by atoms with van der Waals surface area (Å²) in [7, 11) is 0. The maximum atomic E-state index is 13.2. The average Bonchev–Trinajstić information content (AvgIpc) is 2.80. The highest BCUT2D eigenvalue weighted by Gasteiger charge is 2.15. The van der Waals surface area contributed by atoms with E-state index in [-0.39, 0.29) is 17.4 Å². The number of benzene rings is 2. The lowest BCUT2D eigenvalue weighted by Crippen LogP contribution is -2.08. The van der Waals surface area contributed by atoms with Crippen molar-refractivity contribution in [3.05, 3.63) is 92.6 Å². The minimum Gasteiger partial charge on any atom is -0.294 e. The van der Waals surface area contributed by atoms with Crippen LogP contribution in [0.15, 0.2) is 80.6 Å². The Morgan fingerprint density at radius 1 is 1.18 bits per heavy atom. The quantitative estimate of drug-likeness (QED) is 0.0862. The van der Waals surface area contributed by atoms with Crippen molar-refractivity contribution < 1.29 is 9.72 Å². The largest absolute Gasteiger partial charge is 0.294 e. The molecule has 2 aromatic rings. The summed E-state index contributed by atoms with van der Waals surface area (Å²) in [6.07, 6.45) is 5.28. The Labute approximate surface area is 201 Å². The molecule has 33 heavy (non-hydrogen) atoms.